The zero-order valence-electron chi connectivity index (χ0n) is 19.5. The number of esters is 1. The molecule has 4 rings (SSSR count). The van der Waals surface area contributed by atoms with Crippen LogP contribution in [0.3, 0.4) is 0 Å². The van der Waals surface area contributed by atoms with Gasteiger partial charge in [0.1, 0.15) is 47.9 Å². The predicted octanol–water partition coefficient (Wildman–Crippen LogP) is 5.25. The van der Waals surface area contributed by atoms with Crippen molar-refractivity contribution in [3.05, 3.63) is 120 Å². The van der Waals surface area contributed by atoms with E-state index in [0.717, 1.165) is 5.56 Å². The average Bonchev–Trinajstić information content (AvgIpc) is 2.90. The Morgan fingerprint density at radius 1 is 0.972 bits per heavy atom. The molecule has 3 aromatic rings. The Morgan fingerprint density at radius 2 is 1.67 bits per heavy atom. The van der Waals surface area contributed by atoms with Crippen LogP contribution in [0.2, 0.25) is 0 Å². The summed E-state index contributed by atoms with van der Waals surface area (Å²) < 4.78 is 22.4. The van der Waals surface area contributed by atoms with Crippen LogP contribution in [-0.2, 0) is 0 Å². The van der Waals surface area contributed by atoms with Gasteiger partial charge in [0, 0.05) is 11.6 Å². The van der Waals surface area contributed by atoms with Gasteiger partial charge >= 0.3 is 5.97 Å². The number of carbonyl (C=O) groups excluding carboxylic acids is 1. The largest absolute Gasteiger partial charge is 0.490 e. The molecule has 36 heavy (non-hydrogen) atoms. The van der Waals surface area contributed by atoms with Gasteiger partial charge in [-0.05, 0) is 48.0 Å². The van der Waals surface area contributed by atoms with E-state index in [0.29, 0.717) is 41.6 Å². The Balaban J connectivity index is 1.60. The number of nitriles is 1. The number of benzene rings is 3. The molecule has 1 aliphatic rings. The maximum atomic E-state index is 12.7. The van der Waals surface area contributed by atoms with Gasteiger partial charge in [-0.1, -0.05) is 43.5 Å². The van der Waals surface area contributed by atoms with Gasteiger partial charge in [0.2, 0.25) is 5.88 Å². The van der Waals surface area contributed by atoms with E-state index in [4.69, 9.17) is 24.7 Å². The SMILES string of the molecule is C=CCOc1ccc(C(=O)Oc2ccc3c(c2)OC(N)=C(C#N)C3c2cccc(OCC=C)c2)cc1. The summed E-state index contributed by atoms with van der Waals surface area (Å²) in [5.74, 6) is 0.917. The lowest BCUT2D eigenvalue weighted by Crippen LogP contribution is -2.21. The summed E-state index contributed by atoms with van der Waals surface area (Å²) in [6.45, 7) is 8.00. The standard InChI is InChI=1S/C29H24N2O5/c1-3-14-33-21-10-8-19(9-11-21)29(32)35-23-12-13-24-26(17-23)36-28(31)25(18-30)27(24)20-6-5-7-22(16-20)34-15-4-2/h3-13,16-17,27H,1-2,14-15,31H2. The fraction of sp³-hybridized carbons (Fsp3) is 0.103. The summed E-state index contributed by atoms with van der Waals surface area (Å²) in [7, 11) is 0. The number of fused-ring (bicyclic) bond motifs is 1. The minimum absolute atomic E-state index is 0.00833. The second kappa shape index (κ2) is 11.0. The van der Waals surface area contributed by atoms with Gasteiger partial charge in [-0.25, -0.2) is 4.79 Å². The van der Waals surface area contributed by atoms with E-state index in [1.165, 1.54) is 0 Å². The molecular weight excluding hydrogens is 456 g/mol. The van der Waals surface area contributed by atoms with E-state index >= 15 is 0 Å². The van der Waals surface area contributed by atoms with Crippen LogP contribution in [0.4, 0.5) is 0 Å². The number of allylic oxidation sites excluding steroid dienone is 1. The molecule has 0 saturated heterocycles. The van der Waals surface area contributed by atoms with Crippen molar-refractivity contribution in [2.75, 3.05) is 13.2 Å². The van der Waals surface area contributed by atoms with Crippen molar-refractivity contribution >= 4 is 5.97 Å². The van der Waals surface area contributed by atoms with Crippen LogP contribution in [0.5, 0.6) is 23.0 Å². The van der Waals surface area contributed by atoms with Gasteiger partial charge in [-0.3, -0.25) is 0 Å². The lowest BCUT2D eigenvalue weighted by atomic mass is 9.83. The maximum Gasteiger partial charge on any atom is 0.343 e. The molecule has 1 unspecified atom stereocenters. The minimum Gasteiger partial charge on any atom is -0.490 e. The van der Waals surface area contributed by atoms with Gasteiger partial charge in [0.25, 0.3) is 0 Å². The fourth-order valence-electron chi connectivity index (χ4n) is 3.79. The Kier molecular flexibility index (Phi) is 7.37. The molecule has 7 nitrogen and oxygen atoms in total. The van der Waals surface area contributed by atoms with Crippen LogP contribution in [0.25, 0.3) is 0 Å². The first-order valence-electron chi connectivity index (χ1n) is 11.1. The highest BCUT2D eigenvalue weighted by Crippen LogP contribution is 2.44. The predicted molar refractivity (Wildman–Crippen MR) is 135 cm³/mol. The highest BCUT2D eigenvalue weighted by Gasteiger charge is 2.31. The summed E-state index contributed by atoms with van der Waals surface area (Å²) in [5, 5.41) is 9.80. The van der Waals surface area contributed by atoms with Gasteiger partial charge in [0.15, 0.2) is 0 Å². The Labute approximate surface area is 209 Å². The lowest BCUT2D eigenvalue weighted by molar-refractivity contribution is 0.0734. The number of rotatable bonds is 9. The van der Waals surface area contributed by atoms with Crippen LogP contribution in [0, 0.1) is 11.3 Å². The third-order valence-corrected chi connectivity index (χ3v) is 5.42. The number of hydrogen-bond acceptors (Lipinski definition) is 7. The third-order valence-electron chi connectivity index (χ3n) is 5.42. The van der Waals surface area contributed by atoms with E-state index in [-0.39, 0.29) is 17.2 Å². The zero-order chi connectivity index (χ0) is 25.5. The summed E-state index contributed by atoms with van der Waals surface area (Å²) in [4.78, 5) is 12.7. The number of carbonyl (C=O) groups is 1. The molecule has 180 valence electrons. The summed E-state index contributed by atoms with van der Waals surface area (Å²) in [6.07, 6.45) is 3.29. The molecule has 2 N–H and O–H groups in total. The first-order valence-corrected chi connectivity index (χ1v) is 11.1. The van der Waals surface area contributed by atoms with Gasteiger partial charge in [-0.15, -0.1) is 0 Å². The van der Waals surface area contributed by atoms with E-state index in [1.807, 2.05) is 24.3 Å². The van der Waals surface area contributed by atoms with Crippen molar-refractivity contribution in [3.63, 3.8) is 0 Å². The molecular formula is C29H24N2O5. The molecule has 7 heteroatoms. The van der Waals surface area contributed by atoms with Crippen LogP contribution < -0.4 is 24.7 Å². The number of ether oxygens (including phenoxy) is 4. The second-order valence-electron chi connectivity index (χ2n) is 7.81. The quantitative estimate of drug-likeness (QED) is 0.253. The van der Waals surface area contributed by atoms with Crippen molar-refractivity contribution < 1.29 is 23.7 Å². The van der Waals surface area contributed by atoms with Gasteiger partial charge in [-0.2, -0.15) is 5.26 Å². The molecule has 0 aromatic heterocycles. The third kappa shape index (κ3) is 5.24. The molecule has 3 aromatic carbocycles. The van der Waals surface area contributed by atoms with Crippen molar-refractivity contribution in [1.82, 2.24) is 0 Å². The highest BCUT2D eigenvalue weighted by molar-refractivity contribution is 5.91. The minimum atomic E-state index is -0.536. The number of hydrogen-bond donors (Lipinski definition) is 1. The van der Waals surface area contributed by atoms with Crippen LogP contribution >= 0.6 is 0 Å². The Morgan fingerprint density at radius 3 is 2.36 bits per heavy atom. The fourth-order valence-corrected chi connectivity index (χ4v) is 3.79. The smallest absolute Gasteiger partial charge is 0.343 e. The molecule has 0 amide bonds. The van der Waals surface area contributed by atoms with E-state index < -0.39 is 11.9 Å². The molecule has 1 heterocycles. The molecule has 0 saturated carbocycles. The van der Waals surface area contributed by atoms with Gasteiger partial charge < -0.3 is 24.7 Å². The lowest BCUT2D eigenvalue weighted by Gasteiger charge is -2.27. The molecule has 0 spiro atoms. The molecule has 1 atom stereocenters. The Bertz CT molecular complexity index is 1370. The summed E-state index contributed by atoms with van der Waals surface area (Å²) in [6, 6.07) is 21.2. The molecule has 0 bridgehead atoms. The first-order chi connectivity index (χ1) is 17.5. The average molecular weight is 481 g/mol. The van der Waals surface area contributed by atoms with Crippen LogP contribution in [-0.4, -0.2) is 19.2 Å². The first kappa shape index (κ1) is 24.2. The highest BCUT2D eigenvalue weighted by atomic mass is 16.5. The second-order valence-corrected chi connectivity index (χ2v) is 7.81. The zero-order valence-corrected chi connectivity index (χ0v) is 19.5. The van der Waals surface area contributed by atoms with Crippen molar-refractivity contribution in [1.29, 1.82) is 5.26 Å². The van der Waals surface area contributed by atoms with E-state index in [9.17, 15) is 10.1 Å². The molecule has 0 radical (unpaired) electrons. The van der Waals surface area contributed by atoms with Crippen molar-refractivity contribution in [2.45, 2.75) is 5.92 Å². The molecule has 1 aliphatic heterocycles. The topological polar surface area (TPSA) is 104 Å². The monoisotopic (exact) mass is 480 g/mol. The molecule has 0 fully saturated rings. The maximum absolute atomic E-state index is 12.7. The van der Waals surface area contributed by atoms with Gasteiger partial charge in [0.05, 0.1) is 11.5 Å². The molecule has 0 aliphatic carbocycles. The Hall–Kier alpha value is -4.96. The van der Waals surface area contributed by atoms with Crippen molar-refractivity contribution in [2.24, 2.45) is 5.73 Å². The van der Waals surface area contributed by atoms with Crippen LogP contribution in [0.1, 0.15) is 27.4 Å². The number of nitrogens with two attached hydrogens (primary N) is 1. The van der Waals surface area contributed by atoms with E-state index in [2.05, 4.69) is 19.2 Å². The summed E-state index contributed by atoms with van der Waals surface area (Å²) >= 11 is 0. The summed E-state index contributed by atoms with van der Waals surface area (Å²) in [5.41, 5.74) is 8.27. The normalized spacial score (nSPS) is 14.0. The van der Waals surface area contributed by atoms with Crippen molar-refractivity contribution in [3.8, 4) is 29.1 Å². The van der Waals surface area contributed by atoms with Crippen LogP contribution in [0.15, 0.2) is 103 Å². The number of nitrogens with zero attached hydrogens (tertiary/aromatic N) is 1. The van der Waals surface area contributed by atoms with E-state index in [1.54, 1.807) is 54.6 Å².